The number of alkyl carbamates (subject to hydrolysis) is 1. The van der Waals surface area contributed by atoms with Gasteiger partial charge in [0.25, 0.3) is 0 Å². The van der Waals surface area contributed by atoms with Crippen LogP contribution in [0.2, 0.25) is 0 Å². The number of carbonyl (C=O) groups is 1. The molecule has 1 aromatic rings. The fourth-order valence-electron chi connectivity index (χ4n) is 1.69. The molecule has 0 saturated carbocycles. The zero-order chi connectivity index (χ0) is 16.3. The maximum Gasteiger partial charge on any atom is 0.408 e. The Balaban J connectivity index is 2.47. The molecule has 0 radical (unpaired) electrons. The summed E-state index contributed by atoms with van der Waals surface area (Å²) in [6.07, 6.45) is -0.414. The van der Waals surface area contributed by atoms with E-state index in [9.17, 15) is 4.79 Å². The summed E-state index contributed by atoms with van der Waals surface area (Å²) in [5.74, 6) is 0.843. The van der Waals surface area contributed by atoms with Crippen molar-refractivity contribution < 1.29 is 13.9 Å². The zero-order valence-electron chi connectivity index (χ0n) is 13.5. The summed E-state index contributed by atoms with van der Waals surface area (Å²) in [6.45, 7) is 12.0. The van der Waals surface area contributed by atoms with Crippen molar-refractivity contribution in [1.82, 2.24) is 10.6 Å². The molecular weight excluding hydrogens is 336 g/mol. The maximum atomic E-state index is 11.8. The van der Waals surface area contributed by atoms with Crippen molar-refractivity contribution in [3.05, 3.63) is 22.6 Å². The van der Waals surface area contributed by atoms with E-state index in [1.165, 1.54) is 0 Å². The van der Waals surface area contributed by atoms with Crippen molar-refractivity contribution in [3.63, 3.8) is 0 Å². The summed E-state index contributed by atoms with van der Waals surface area (Å²) in [5.41, 5.74) is -0.929. The average molecular weight is 361 g/mol. The SMILES string of the molecule is CC(NCC(C)(C)NC(=O)OC(C)(C)C)c1ccc(Br)o1. The number of carbonyl (C=O) groups excluding carboxylic acids is 1. The van der Waals surface area contributed by atoms with Gasteiger partial charge in [-0.15, -0.1) is 0 Å². The van der Waals surface area contributed by atoms with E-state index in [4.69, 9.17) is 9.15 Å². The number of amides is 1. The summed E-state index contributed by atoms with van der Waals surface area (Å²) < 4.78 is 11.5. The predicted octanol–water partition coefficient (Wildman–Crippen LogP) is 4.00. The molecule has 5 nitrogen and oxygen atoms in total. The Morgan fingerprint density at radius 2 is 1.95 bits per heavy atom. The largest absolute Gasteiger partial charge is 0.453 e. The van der Waals surface area contributed by atoms with Crippen LogP contribution in [0.3, 0.4) is 0 Å². The van der Waals surface area contributed by atoms with Crippen molar-refractivity contribution in [2.45, 2.75) is 58.7 Å². The third kappa shape index (κ3) is 7.00. The van der Waals surface area contributed by atoms with Gasteiger partial charge in [-0.05, 0) is 69.6 Å². The highest BCUT2D eigenvalue weighted by Gasteiger charge is 2.25. The molecular formula is C15H25BrN2O3. The van der Waals surface area contributed by atoms with Gasteiger partial charge in [0, 0.05) is 6.54 Å². The van der Waals surface area contributed by atoms with Crippen molar-refractivity contribution in [3.8, 4) is 0 Å². The van der Waals surface area contributed by atoms with E-state index in [1.54, 1.807) is 0 Å². The van der Waals surface area contributed by atoms with Gasteiger partial charge in [-0.1, -0.05) is 0 Å². The molecule has 1 amide bonds. The lowest BCUT2D eigenvalue weighted by Crippen LogP contribution is -2.51. The molecule has 2 N–H and O–H groups in total. The molecule has 1 unspecified atom stereocenters. The van der Waals surface area contributed by atoms with Crippen LogP contribution in [-0.4, -0.2) is 23.8 Å². The maximum absolute atomic E-state index is 11.8. The quantitative estimate of drug-likeness (QED) is 0.832. The van der Waals surface area contributed by atoms with E-state index in [2.05, 4.69) is 26.6 Å². The number of nitrogens with one attached hydrogen (secondary N) is 2. The first-order valence-corrected chi connectivity index (χ1v) is 7.78. The molecule has 0 aromatic carbocycles. The molecule has 1 rings (SSSR count). The van der Waals surface area contributed by atoms with Crippen molar-refractivity contribution >= 4 is 22.0 Å². The lowest BCUT2D eigenvalue weighted by atomic mass is 10.1. The molecule has 0 bridgehead atoms. The molecule has 120 valence electrons. The van der Waals surface area contributed by atoms with Crippen LogP contribution in [-0.2, 0) is 4.74 Å². The average Bonchev–Trinajstić information content (AvgIpc) is 2.69. The minimum Gasteiger partial charge on any atom is -0.453 e. The van der Waals surface area contributed by atoms with E-state index in [0.717, 1.165) is 5.76 Å². The van der Waals surface area contributed by atoms with Gasteiger partial charge < -0.3 is 19.8 Å². The number of rotatable bonds is 5. The van der Waals surface area contributed by atoms with E-state index in [0.29, 0.717) is 11.2 Å². The van der Waals surface area contributed by atoms with Crippen LogP contribution in [0.5, 0.6) is 0 Å². The first-order chi connectivity index (χ1) is 9.48. The first kappa shape index (κ1) is 18.0. The van der Waals surface area contributed by atoms with Crippen LogP contribution in [0.4, 0.5) is 4.79 Å². The smallest absolute Gasteiger partial charge is 0.408 e. The van der Waals surface area contributed by atoms with E-state index in [1.807, 2.05) is 53.7 Å². The van der Waals surface area contributed by atoms with Crippen molar-refractivity contribution in [2.75, 3.05) is 6.54 Å². The van der Waals surface area contributed by atoms with Gasteiger partial charge in [-0.3, -0.25) is 0 Å². The molecule has 0 aliphatic carbocycles. The normalized spacial score (nSPS) is 13.9. The molecule has 0 aliphatic heterocycles. The number of furan rings is 1. The van der Waals surface area contributed by atoms with Crippen LogP contribution in [0.1, 0.15) is 53.3 Å². The minimum absolute atomic E-state index is 0.0519. The second kappa shape index (κ2) is 6.83. The van der Waals surface area contributed by atoms with E-state index in [-0.39, 0.29) is 6.04 Å². The van der Waals surface area contributed by atoms with Crippen LogP contribution >= 0.6 is 15.9 Å². The second-order valence-corrected chi connectivity index (χ2v) is 7.54. The van der Waals surface area contributed by atoms with Gasteiger partial charge in [0.05, 0.1) is 11.6 Å². The molecule has 1 aromatic heterocycles. The lowest BCUT2D eigenvalue weighted by Gasteiger charge is -2.29. The number of ether oxygens (including phenoxy) is 1. The topological polar surface area (TPSA) is 63.5 Å². The predicted molar refractivity (Wildman–Crippen MR) is 86.3 cm³/mol. The lowest BCUT2D eigenvalue weighted by molar-refractivity contribution is 0.0470. The number of hydrogen-bond acceptors (Lipinski definition) is 4. The Hall–Kier alpha value is -1.01. The highest BCUT2D eigenvalue weighted by molar-refractivity contribution is 9.10. The van der Waals surface area contributed by atoms with Crippen molar-refractivity contribution in [1.29, 1.82) is 0 Å². The Labute approximate surface area is 134 Å². The third-order valence-electron chi connectivity index (χ3n) is 2.71. The molecule has 6 heteroatoms. The Morgan fingerprint density at radius 1 is 1.33 bits per heavy atom. The van der Waals surface area contributed by atoms with E-state index >= 15 is 0 Å². The Kier molecular flexibility index (Phi) is 5.87. The van der Waals surface area contributed by atoms with Gasteiger partial charge in [0.2, 0.25) is 0 Å². The van der Waals surface area contributed by atoms with Crippen LogP contribution in [0, 0.1) is 0 Å². The van der Waals surface area contributed by atoms with Crippen LogP contribution < -0.4 is 10.6 Å². The molecule has 0 fully saturated rings. The van der Waals surface area contributed by atoms with Crippen molar-refractivity contribution in [2.24, 2.45) is 0 Å². The molecule has 0 aliphatic rings. The third-order valence-corrected chi connectivity index (χ3v) is 3.14. The molecule has 1 atom stereocenters. The minimum atomic E-state index is -0.499. The van der Waals surface area contributed by atoms with Gasteiger partial charge in [0.1, 0.15) is 11.4 Å². The molecule has 0 spiro atoms. The van der Waals surface area contributed by atoms with Gasteiger partial charge >= 0.3 is 6.09 Å². The first-order valence-electron chi connectivity index (χ1n) is 6.98. The highest BCUT2D eigenvalue weighted by Crippen LogP contribution is 2.20. The summed E-state index contributed by atoms with van der Waals surface area (Å²) >= 11 is 3.28. The van der Waals surface area contributed by atoms with Gasteiger partial charge in [0.15, 0.2) is 4.67 Å². The highest BCUT2D eigenvalue weighted by atomic mass is 79.9. The van der Waals surface area contributed by atoms with E-state index < -0.39 is 17.2 Å². The monoisotopic (exact) mass is 360 g/mol. The van der Waals surface area contributed by atoms with Crippen LogP contribution in [0.25, 0.3) is 0 Å². The fraction of sp³-hybridized carbons (Fsp3) is 0.667. The summed E-state index contributed by atoms with van der Waals surface area (Å²) in [7, 11) is 0. The van der Waals surface area contributed by atoms with Gasteiger partial charge in [-0.25, -0.2) is 4.79 Å². The summed E-state index contributed by atoms with van der Waals surface area (Å²) in [4.78, 5) is 11.8. The van der Waals surface area contributed by atoms with Crippen LogP contribution in [0.15, 0.2) is 21.2 Å². The number of halogens is 1. The zero-order valence-corrected chi connectivity index (χ0v) is 15.1. The Bertz CT molecular complexity index is 478. The Morgan fingerprint density at radius 3 is 2.43 bits per heavy atom. The number of hydrogen-bond donors (Lipinski definition) is 2. The standard InChI is InChI=1S/C15H25BrN2O3/c1-10(11-7-8-12(16)20-11)17-9-15(5,6)18-13(19)21-14(2,3)4/h7-8,10,17H,9H2,1-6H3,(H,18,19). The summed E-state index contributed by atoms with van der Waals surface area (Å²) in [5, 5.41) is 6.20. The molecule has 0 saturated heterocycles. The second-order valence-electron chi connectivity index (χ2n) is 6.76. The fourth-order valence-corrected chi connectivity index (χ4v) is 2.01. The van der Waals surface area contributed by atoms with Gasteiger partial charge in [-0.2, -0.15) is 0 Å². The summed E-state index contributed by atoms with van der Waals surface area (Å²) in [6, 6.07) is 3.82. The molecule has 1 heterocycles. The molecule has 21 heavy (non-hydrogen) atoms.